The average Bonchev–Trinajstić information content (AvgIpc) is 2.64. The number of carbonyl (C=O) groups is 2. The van der Waals surface area contributed by atoms with Crippen LogP contribution in [0.3, 0.4) is 0 Å². The number of rotatable bonds is 4. The highest BCUT2D eigenvalue weighted by Gasteiger charge is 2.33. The predicted molar refractivity (Wildman–Crippen MR) is 98.3 cm³/mol. The van der Waals surface area contributed by atoms with E-state index in [1.165, 1.54) is 12.1 Å². The fourth-order valence-electron chi connectivity index (χ4n) is 3.40. The monoisotopic (exact) mass is 390 g/mol. The first kappa shape index (κ1) is 19.9. The van der Waals surface area contributed by atoms with Crippen LogP contribution in [0.5, 0.6) is 0 Å². The maximum atomic E-state index is 12.7. The molecule has 2 aromatic carbocycles. The smallest absolute Gasteiger partial charge is 0.341 e. The summed E-state index contributed by atoms with van der Waals surface area (Å²) >= 11 is 0. The third kappa shape index (κ3) is 4.18. The first-order valence-corrected chi connectivity index (χ1v) is 8.96. The quantitative estimate of drug-likeness (QED) is 0.857. The van der Waals surface area contributed by atoms with Crippen LogP contribution in [-0.4, -0.2) is 23.8 Å². The molecule has 0 spiro atoms. The lowest BCUT2D eigenvalue weighted by Gasteiger charge is -2.32. The fourth-order valence-corrected chi connectivity index (χ4v) is 3.40. The van der Waals surface area contributed by atoms with Crippen LogP contribution >= 0.6 is 0 Å². The number of hydrogen-bond donors (Lipinski definition) is 1. The SMILES string of the molecule is CC(CC(=O)NC1C(=O)N(C)Cc2ccccc21)c1ccc(C(F)(F)F)cc1. The van der Waals surface area contributed by atoms with Gasteiger partial charge in [0.05, 0.1) is 5.56 Å². The standard InChI is InChI=1S/C21H21F3N2O2/c1-13(14-7-9-16(10-8-14)21(22,23)24)11-18(27)25-19-17-6-4-3-5-15(17)12-26(2)20(19)28/h3-10,13,19H,11-12H2,1-2H3,(H,25,27). The molecule has 0 saturated carbocycles. The van der Waals surface area contributed by atoms with Gasteiger partial charge in [0, 0.05) is 20.0 Å². The Bertz CT molecular complexity index is 878. The molecule has 2 atom stereocenters. The molecular formula is C21H21F3N2O2. The number of halogens is 3. The van der Waals surface area contributed by atoms with Gasteiger partial charge in [0.2, 0.25) is 11.8 Å². The van der Waals surface area contributed by atoms with Crippen LogP contribution in [-0.2, 0) is 22.3 Å². The number of hydrogen-bond acceptors (Lipinski definition) is 2. The summed E-state index contributed by atoms with van der Waals surface area (Å²) in [6.07, 6.45) is -4.32. The van der Waals surface area contributed by atoms with Crippen molar-refractivity contribution in [3.8, 4) is 0 Å². The zero-order valence-corrected chi connectivity index (χ0v) is 15.6. The Kier molecular flexibility index (Phi) is 5.45. The summed E-state index contributed by atoms with van der Waals surface area (Å²) < 4.78 is 38.0. The normalized spacial score (nSPS) is 17.8. The van der Waals surface area contributed by atoms with Crippen molar-refractivity contribution in [2.75, 3.05) is 7.05 Å². The summed E-state index contributed by atoms with van der Waals surface area (Å²) in [4.78, 5) is 26.6. The number of nitrogens with zero attached hydrogens (tertiary/aromatic N) is 1. The molecule has 148 valence electrons. The first-order valence-electron chi connectivity index (χ1n) is 8.96. The van der Waals surface area contributed by atoms with Crippen molar-refractivity contribution in [2.24, 2.45) is 0 Å². The van der Waals surface area contributed by atoms with Gasteiger partial charge in [-0.25, -0.2) is 0 Å². The van der Waals surface area contributed by atoms with Crippen LogP contribution in [0, 0.1) is 0 Å². The number of carbonyl (C=O) groups excluding carboxylic acids is 2. The highest BCUT2D eigenvalue weighted by molar-refractivity contribution is 5.90. The lowest BCUT2D eigenvalue weighted by atomic mass is 9.93. The highest BCUT2D eigenvalue weighted by atomic mass is 19.4. The minimum absolute atomic E-state index is 0.0705. The van der Waals surface area contributed by atoms with Crippen LogP contribution in [0.25, 0.3) is 0 Å². The molecule has 4 nitrogen and oxygen atoms in total. The summed E-state index contributed by atoms with van der Waals surface area (Å²) in [6.45, 7) is 2.26. The van der Waals surface area contributed by atoms with Crippen molar-refractivity contribution in [2.45, 2.75) is 38.0 Å². The van der Waals surface area contributed by atoms with Gasteiger partial charge < -0.3 is 10.2 Å². The maximum Gasteiger partial charge on any atom is 0.416 e. The molecule has 7 heteroatoms. The van der Waals surface area contributed by atoms with E-state index in [0.29, 0.717) is 12.1 Å². The third-order valence-corrected chi connectivity index (χ3v) is 5.00. The number of amides is 2. The number of fused-ring (bicyclic) bond motifs is 1. The number of benzene rings is 2. The van der Waals surface area contributed by atoms with Gasteiger partial charge in [-0.15, -0.1) is 0 Å². The van der Waals surface area contributed by atoms with Crippen molar-refractivity contribution >= 4 is 11.8 Å². The van der Waals surface area contributed by atoms with E-state index in [1.807, 2.05) is 24.3 Å². The van der Waals surface area contributed by atoms with Crippen molar-refractivity contribution in [3.05, 3.63) is 70.8 Å². The summed E-state index contributed by atoms with van der Waals surface area (Å²) in [5, 5.41) is 2.78. The maximum absolute atomic E-state index is 12.7. The predicted octanol–water partition coefficient (Wildman–Crippen LogP) is 4.03. The molecule has 1 aliphatic heterocycles. The Morgan fingerprint density at radius 2 is 1.82 bits per heavy atom. The second-order valence-corrected chi connectivity index (χ2v) is 7.12. The van der Waals surface area contributed by atoms with Crippen LogP contribution in [0.15, 0.2) is 48.5 Å². The summed E-state index contributed by atoms with van der Waals surface area (Å²) in [7, 11) is 1.68. The van der Waals surface area contributed by atoms with Gasteiger partial charge in [0.1, 0.15) is 6.04 Å². The van der Waals surface area contributed by atoms with Crippen molar-refractivity contribution in [1.82, 2.24) is 10.2 Å². The Morgan fingerprint density at radius 3 is 2.46 bits per heavy atom. The number of likely N-dealkylation sites (N-methyl/N-ethyl adjacent to an activating group) is 1. The van der Waals surface area contributed by atoms with E-state index in [2.05, 4.69) is 5.32 Å². The minimum atomic E-state index is -4.39. The Balaban J connectivity index is 1.69. The summed E-state index contributed by atoms with van der Waals surface area (Å²) in [6, 6.07) is 11.5. The molecule has 0 saturated heterocycles. The molecule has 2 aromatic rings. The van der Waals surface area contributed by atoms with E-state index in [-0.39, 0.29) is 24.2 Å². The average molecular weight is 390 g/mol. The van der Waals surface area contributed by atoms with Crippen molar-refractivity contribution in [1.29, 1.82) is 0 Å². The summed E-state index contributed by atoms with van der Waals surface area (Å²) in [5.41, 5.74) is 1.67. The second-order valence-electron chi connectivity index (χ2n) is 7.12. The van der Waals surface area contributed by atoms with Crippen LogP contribution in [0.4, 0.5) is 13.2 Å². The van der Waals surface area contributed by atoms with E-state index in [0.717, 1.165) is 23.3 Å². The Morgan fingerprint density at radius 1 is 1.18 bits per heavy atom. The molecule has 0 radical (unpaired) electrons. The molecule has 1 N–H and O–H groups in total. The largest absolute Gasteiger partial charge is 0.416 e. The molecule has 28 heavy (non-hydrogen) atoms. The number of nitrogens with one attached hydrogen (secondary N) is 1. The molecule has 2 amide bonds. The van der Waals surface area contributed by atoms with Crippen LogP contribution in [0.2, 0.25) is 0 Å². The highest BCUT2D eigenvalue weighted by Crippen LogP contribution is 2.31. The van der Waals surface area contributed by atoms with E-state index in [4.69, 9.17) is 0 Å². The molecule has 0 fully saturated rings. The molecule has 3 rings (SSSR count). The fraction of sp³-hybridized carbons (Fsp3) is 0.333. The molecule has 2 unspecified atom stereocenters. The van der Waals surface area contributed by atoms with Gasteiger partial charge in [-0.3, -0.25) is 9.59 Å². The molecule has 1 heterocycles. The van der Waals surface area contributed by atoms with E-state index in [9.17, 15) is 22.8 Å². The minimum Gasteiger partial charge on any atom is -0.341 e. The molecule has 0 bridgehead atoms. The van der Waals surface area contributed by atoms with E-state index in [1.54, 1.807) is 18.9 Å². The zero-order chi connectivity index (χ0) is 20.5. The molecule has 0 aromatic heterocycles. The van der Waals surface area contributed by atoms with Gasteiger partial charge in [-0.2, -0.15) is 13.2 Å². The lowest BCUT2D eigenvalue weighted by Crippen LogP contribution is -2.44. The van der Waals surface area contributed by atoms with Gasteiger partial charge in [0.25, 0.3) is 0 Å². The van der Waals surface area contributed by atoms with Gasteiger partial charge in [-0.05, 0) is 34.7 Å². The molecule has 1 aliphatic rings. The van der Waals surface area contributed by atoms with E-state index < -0.39 is 17.8 Å². The van der Waals surface area contributed by atoms with Crippen molar-refractivity contribution < 1.29 is 22.8 Å². The van der Waals surface area contributed by atoms with Gasteiger partial charge in [0.15, 0.2) is 0 Å². The Hall–Kier alpha value is -2.83. The van der Waals surface area contributed by atoms with Gasteiger partial charge >= 0.3 is 6.18 Å². The van der Waals surface area contributed by atoms with Gasteiger partial charge in [-0.1, -0.05) is 43.3 Å². The first-order chi connectivity index (χ1) is 13.2. The Labute approximate surface area is 161 Å². The molecule has 0 aliphatic carbocycles. The zero-order valence-electron chi connectivity index (χ0n) is 15.6. The topological polar surface area (TPSA) is 49.4 Å². The summed E-state index contributed by atoms with van der Waals surface area (Å²) in [5.74, 6) is -0.793. The van der Waals surface area contributed by atoms with Crippen LogP contribution < -0.4 is 5.32 Å². The third-order valence-electron chi connectivity index (χ3n) is 5.00. The van der Waals surface area contributed by atoms with Crippen molar-refractivity contribution in [3.63, 3.8) is 0 Å². The number of alkyl halides is 3. The van der Waals surface area contributed by atoms with Crippen LogP contribution in [0.1, 0.15) is 47.6 Å². The van der Waals surface area contributed by atoms with E-state index >= 15 is 0 Å². The molecular weight excluding hydrogens is 369 g/mol. The lowest BCUT2D eigenvalue weighted by molar-refractivity contribution is -0.137. The second kappa shape index (κ2) is 7.66.